The highest BCUT2D eigenvalue weighted by Crippen LogP contribution is 2.27. The first-order chi connectivity index (χ1) is 9.61. The van der Waals surface area contributed by atoms with E-state index in [1.165, 1.54) is 5.39 Å². The Hall–Kier alpha value is -0.770. The molecule has 0 radical (unpaired) electrons. The quantitative estimate of drug-likeness (QED) is 0.773. The molecule has 2 atom stereocenters. The summed E-state index contributed by atoms with van der Waals surface area (Å²) in [5, 5.41) is 3.18. The minimum Gasteiger partial charge on any atom is -0.297 e. The van der Waals surface area contributed by atoms with Gasteiger partial charge in [0.25, 0.3) is 0 Å². The summed E-state index contributed by atoms with van der Waals surface area (Å²) in [4.78, 5) is 7.00. The molecule has 2 nitrogen and oxygen atoms in total. The minimum absolute atomic E-state index is 0.641. The van der Waals surface area contributed by atoms with Crippen LogP contribution in [0.15, 0.2) is 30.3 Å². The molecule has 20 heavy (non-hydrogen) atoms. The van der Waals surface area contributed by atoms with Crippen LogP contribution in [-0.4, -0.2) is 33.5 Å². The summed E-state index contributed by atoms with van der Waals surface area (Å²) in [6.45, 7) is 7.74. The molecule has 2 heterocycles. The fraction of sp³-hybridized carbons (Fsp3) is 0.438. The average molecular weight is 307 g/mol. The van der Waals surface area contributed by atoms with Gasteiger partial charge < -0.3 is 0 Å². The van der Waals surface area contributed by atoms with Gasteiger partial charge in [-0.2, -0.15) is 11.8 Å². The second-order valence-electron chi connectivity index (χ2n) is 5.58. The zero-order valence-electron chi connectivity index (χ0n) is 11.8. The van der Waals surface area contributed by atoms with E-state index in [1.807, 2.05) is 18.2 Å². The van der Waals surface area contributed by atoms with Crippen LogP contribution in [0.5, 0.6) is 0 Å². The molecule has 1 fully saturated rings. The Balaban J connectivity index is 1.85. The number of thioether (sulfide) groups is 1. The molecular formula is C16H19ClN2S. The number of hydrogen-bond donors (Lipinski definition) is 0. The molecule has 1 aromatic heterocycles. The van der Waals surface area contributed by atoms with E-state index in [0.29, 0.717) is 15.7 Å². The van der Waals surface area contributed by atoms with Crippen molar-refractivity contribution in [1.82, 2.24) is 9.88 Å². The van der Waals surface area contributed by atoms with E-state index in [9.17, 15) is 0 Å². The maximum atomic E-state index is 6.35. The van der Waals surface area contributed by atoms with Crippen molar-refractivity contribution < 1.29 is 0 Å². The maximum Gasteiger partial charge on any atom is 0.134 e. The number of aromatic nitrogens is 1. The van der Waals surface area contributed by atoms with Crippen molar-refractivity contribution in [2.45, 2.75) is 30.9 Å². The van der Waals surface area contributed by atoms with Gasteiger partial charge in [-0.05, 0) is 12.1 Å². The SMILES string of the molecule is CC1CN(Cc2cc3ccccc3nc2Cl)CC(C)S1. The first-order valence-electron chi connectivity index (χ1n) is 7.04. The Kier molecular flexibility index (Phi) is 4.20. The standard InChI is InChI=1S/C16H19ClN2S/c1-11-8-19(9-12(2)20-11)10-14-7-13-5-3-4-6-15(13)18-16(14)17/h3-7,11-12H,8-10H2,1-2H3. The van der Waals surface area contributed by atoms with Gasteiger partial charge in [-0.15, -0.1) is 0 Å². The summed E-state index contributed by atoms with van der Waals surface area (Å²) in [5.74, 6) is 0. The Morgan fingerprint density at radius 3 is 2.70 bits per heavy atom. The molecule has 0 amide bonds. The van der Waals surface area contributed by atoms with Gasteiger partial charge >= 0.3 is 0 Å². The second kappa shape index (κ2) is 5.92. The smallest absolute Gasteiger partial charge is 0.134 e. The van der Waals surface area contributed by atoms with E-state index in [2.05, 4.69) is 47.6 Å². The summed E-state index contributed by atoms with van der Waals surface area (Å²) in [6, 6.07) is 10.3. The van der Waals surface area contributed by atoms with E-state index in [0.717, 1.165) is 30.7 Å². The topological polar surface area (TPSA) is 16.1 Å². The Morgan fingerprint density at radius 2 is 1.95 bits per heavy atom. The van der Waals surface area contributed by atoms with Crippen LogP contribution in [0.25, 0.3) is 10.9 Å². The predicted molar refractivity (Wildman–Crippen MR) is 88.5 cm³/mol. The zero-order valence-corrected chi connectivity index (χ0v) is 13.4. The molecular weight excluding hydrogens is 288 g/mol. The number of benzene rings is 1. The van der Waals surface area contributed by atoms with Crippen molar-refractivity contribution in [2.75, 3.05) is 13.1 Å². The van der Waals surface area contributed by atoms with E-state index < -0.39 is 0 Å². The van der Waals surface area contributed by atoms with E-state index in [-0.39, 0.29) is 0 Å². The summed E-state index contributed by atoms with van der Waals surface area (Å²) < 4.78 is 0. The molecule has 0 aliphatic carbocycles. The summed E-state index contributed by atoms with van der Waals surface area (Å²) in [7, 11) is 0. The summed E-state index contributed by atoms with van der Waals surface area (Å²) in [6.07, 6.45) is 0. The number of para-hydroxylation sites is 1. The predicted octanol–water partition coefficient (Wildman–Crippen LogP) is 4.21. The third-order valence-electron chi connectivity index (χ3n) is 3.64. The molecule has 0 N–H and O–H groups in total. The van der Waals surface area contributed by atoms with Crippen molar-refractivity contribution in [2.24, 2.45) is 0 Å². The Labute approximate surface area is 129 Å². The van der Waals surface area contributed by atoms with Crippen LogP contribution >= 0.6 is 23.4 Å². The van der Waals surface area contributed by atoms with Crippen LogP contribution < -0.4 is 0 Å². The number of halogens is 1. The normalized spacial score (nSPS) is 24.1. The summed E-state index contributed by atoms with van der Waals surface area (Å²) >= 11 is 8.42. The van der Waals surface area contributed by atoms with Crippen LogP contribution in [0, 0.1) is 0 Å². The van der Waals surface area contributed by atoms with Gasteiger partial charge in [0.05, 0.1) is 5.52 Å². The van der Waals surface area contributed by atoms with Gasteiger partial charge in [-0.3, -0.25) is 4.90 Å². The van der Waals surface area contributed by atoms with Crippen LogP contribution in [0.3, 0.4) is 0 Å². The van der Waals surface area contributed by atoms with E-state index >= 15 is 0 Å². The highest BCUT2D eigenvalue weighted by molar-refractivity contribution is 8.00. The lowest BCUT2D eigenvalue weighted by Gasteiger charge is -2.34. The Morgan fingerprint density at radius 1 is 1.25 bits per heavy atom. The molecule has 3 rings (SSSR count). The average Bonchev–Trinajstić information content (AvgIpc) is 2.38. The first kappa shape index (κ1) is 14.2. The van der Waals surface area contributed by atoms with Crippen LogP contribution in [-0.2, 0) is 6.54 Å². The number of nitrogens with zero attached hydrogens (tertiary/aromatic N) is 2. The van der Waals surface area contributed by atoms with E-state index in [1.54, 1.807) is 0 Å². The van der Waals surface area contributed by atoms with Crippen molar-refractivity contribution >= 4 is 34.3 Å². The number of rotatable bonds is 2. The van der Waals surface area contributed by atoms with Crippen LogP contribution in [0.4, 0.5) is 0 Å². The van der Waals surface area contributed by atoms with Crippen LogP contribution in [0.2, 0.25) is 5.15 Å². The number of fused-ring (bicyclic) bond motifs is 1. The molecule has 2 aromatic rings. The summed E-state index contributed by atoms with van der Waals surface area (Å²) in [5.41, 5.74) is 2.11. The van der Waals surface area contributed by atoms with Gasteiger partial charge in [-0.1, -0.05) is 43.6 Å². The van der Waals surface area contributed by atoms with Crippen molar-refractivity contribution in [1.29, 1.82) is 0 Å². The first-order valence-corrected chi connectivity index (χ1v) is 8.36. The largest absolute Gasteiger partial charge is 0.297 e. The van der Waals surface area contributed by atoms with Gasteiger partial charge in [0.2, 0.25) is 0 Å². The second-order valence-corrected chi connectivity index (χ2v) is 7.82. The number of pyridine rings is 1. The lowest BCUT2D eigenvalue weighted by molar-refractivity contribution is 0.263. The molecule has 2 unspecified atom stereocenters. The van der Waals surface area contributed by atoms with E-state index in [4.69, 9.17) is 11.6 Å². The lowest BCUT2D eigenvalue weighted by Crippen LogP contribution is -2.39. The molecule has 0 bridgehead atoms. The van der Waals surface area contributed by atoms with Crippen LogP contribution in [0.1, 0.15) is 19.4 Å². The number of hydrogen-bond acceptors (Lipinski definition) is 3. The van der Waals surface area contributed by atoms with Crippen molar-refractivity contribution in [3.05, 3.63) is 41.0 Å². The molecule has 1 saturated heterocycles. The molecule has 106 valence electrons. The molecule has 1 aliphatic heterocycles. The fourth-order valence-electron chi connectivity index (χ4n) is 2.90. The third kappa shape index (κ3) is 3.11. The minimum atomic E-state index is 0.641. The highest BCUT2D eigenvalue weighted by atomic mass is 35.5. The molecule has 0 saturated carbocycles. The molecule has 1 aromatic carbocycles. The maximum absolute atomic E-state index is 6.35. The monoisotopic (exact) mass is 306 g/mol. The Bertz CT molecular complexity index is 606. The van der Waals surface area contributed by atoms with Gasteiger partial charge in [0.1, 0.15) is 5.15 Å². The van der Waals surface area contributed by atoms with Gasteiger partial charge in [0.15, 0.2) is 0 Å². The zero-order chi connectivity index (χ0) is 14.1. The third-order valence-corrected chi connectivity index (χ3v) is 5.19. The highest BCUT2D eigenvalue weighted by Gasteiger charge is 2.22. The van der Waals surface area contributed by atoms with Gasteiger partial charge in [-0.25, -0.2) is 4.98 Å². The fourth-order valence-corrected chi connectivity index (χ4v) is 4.49. The molecule has 1 aliphatic rings. The molecule has 0 spiro atoms. The lowest BCUT2D eigenvalue weighted by atomic mass is 10.1. The molecule has 4 heteroatoms. The van der Waals surface area contributed by atoms with Gasteiger partial charge in [0, 0.05) is 41.1 Å². The van der Waals surface area contributed by atoms with Crippen molar-refractivity contribution in [3.63, 3.8) is 0 Å². The van der Waals surface area contributed by atoms with Crippen molar-refractivity contribution in [3.8, 4) is 0 Å².